The van der Waals surface area contributed by atoms with Crippen molar-refractivity contribution in [2.75, 3.05) is 19.3 Å². The summed E-state index contributed by atoms with van der Waals surface area (Å²) >= 11 is 3.15. The van der Waals surface area contributed by atoms with Gasteiger partial charge in [-0.05, 0) is 69.3 Å². The van der Waals surface area contributed by atoms with Crippen LogP contribution in [0.5, 0.6) is 0 Å². The number of Topliss-reactive ketones (excluding diaryl/α,β-unsaturated/α-hetero) is 1. The van der Waals surface area contributed by atoms with Crippen molar-refractivity contribution in [3.8, 4) is 0 Å². The summed E-state index contributed by atoms with van der Waals surface area (Å²) in [5.41, 5.74) is 0.216. The second-order valence-corrected chi connectivity index (χ2v) is 11.8. The lowest BCUT2D eigenvalue weighted by Crippen LogP contribution is -2.54. The molecule has 5 rings (SSSR count). The van der Waals surface area contributed by atoms with Crippen molar-refractivity contribution < 1.29 is 14.3 Å². The van der Waals surface area contributed by atoms with Gasteiger partial charge in [-0.3, -0.25) is 14.5 Å². The van der Waals surface area contributed by atoms with Gasteiger partial charge >= 0.3 is 5.97 Å². The number of carbonyl (C=O) groups is 2. The van der Waals surface area contributed by atoms with Crippen LogP contribution < -0.4 is 5.43 Å². The molecule has 0 saturated carbocycles. The van der Waals surface area contributed by atoms with E-state index in [2.05, 4.69) is 4.90 Å². The Morgan fingerprint density at radius 3 is 2.32 bits per heavy atom. The largest absolute Gasteiger partial charge is 0.459 e. The molecule has 0 aliphatic carbocycles. The molecule has 0 amide bonds. The Hall–Kier alpha value is -3.00. The van der Waals surface area contributed by atoms with Crippen LogP contribution in [0.1, 0.15) is 47.4 Å². The number of hydrogen-bond acceptors (Lipinski definition) is 7. The molecule has 190 valence electrons. The minimum absolute atomic E-state index is 0.0859. The van der Waals surface area contributed by atoms with Gasteiger partial charge in [0.05, 0.1) is 16.5 Å². The molecule has 0 unspecified atom stereocenters. The average molecular weight is 532 g/mol. The zero-order valence-corrected chi connectivity index (χ0v) is 22.8. The molecule has 0 spiro atoms. The molecule has 1 saturated heterocycles. The minimum Gasteiger partial charge on any atom is -0.459 e. The number of thioether (sulfide) groups is 1. The first-order valence-corrected chi connectivity index (χ1v) is 14.4. The fourth-order valence-electron chi connectivity index (χ4n) is 5.00. The third-order valence-electron chi connectivity index (χ3n) is 7.24. The topological polar surface area (TPSA) is 63.7 Å². The molecule has 3 aromatic carbocycles. The van der Waals surface area contributed by atoms with Crippen LogP contribution in [0.25, 0.3) is 20.2 Å². The standard InChI is InChI=1S/C30H29NO4S2/c1-30(2,28(33)19-11-13-21(36-3)14-12-19)31-17-15-20(16-18-31)35-29(34)23-8-6-10-25-26(23)27(32)22-7-4-5-9-24(22)37-25/h4-14,20H,15-18H2,1-3H3. The summed E-state index contributed by atoms with van der Waals surface area (Å²) < 4.78 is 7.57. The maximum absolute atomic E-state index is 13.3. The Morgan fingerprint density at radius 1 is 0.946 bits per heavy atom. The monoisotopic (exact) mass is 531 g/mol. The molecule has 0 N–H and O–H groups in total. The highest BCUT2D eigenvalue weighted by molar-refractivity contribution is 7.98. The summed E-state index contributed by atoms with van der Waals surface area (Å²) in [6.07, 6.45) is 3.02. The first-order valence-electron chi connectivity index (χ1n) is 12.4. The highest BCUT2D eigenvalue weighted by Gasteiger charge is 2.38. The molecule has 5 nitrogen and oxygen atoms in total. The highest BCUT2D eigenvalue weighted by Crippen LogP contribution is 2.29. The maximum atomic E-state index is 13.3. The summed E-state index contributed by atoms with van der Waals surface area (Å²) in [7, 11) is 0. The highest BCUT2D eigenvalue weighted by atomic mass is 32.2. The van der Waals surface area contributed by atoms with Crippen molar-refractivity contribution in [1.29, 1.82) is 0 Å². The molecule has 4 aromatic rings. The van der Waals surface area contributed by atoms with Crippen molar-refractivity contribution in [2.24, 2.45) is 0 Å². The predicted molar refractivity (Wildman–Crippen MR) is 152 cm³/mol. The number of likely N-dealkylation sites (tertiary alicyclic amines) is 1. The lowest BCUT2D eigenvalue weighted by molar-refractivity contribution is -0.00235. The average Bonchev–Trinajstić information content (AvgIpc) is 2.92. The van der Waals surface area contributed by atoms with Crippen LogP contribution in [0.3, 0.4) is 0 Å². The van der Waals surface area contributed by atoms with Crippen LogP contribution >= 0.6 is 23.1 Å². The fraction of sp³-hybridized carbons (Fsp3) is 0.300. The molecule has 2 heterocycles. The number of rotatable bonds is 6. The van der Waals surface area contributed by atoms with Crippen molar-refractivity contribution >= 4 is 55.0 Å². The summed E-state index contributed by atoms with van der Waals surface area (Å²) in [6, 6.07) is 20.5. The predicted octanol–water partition coefficient (Wildman–Crippen LogP) is 6.42. The Kier molecular flexibility index (Phi) is 7.21. The van der Waals surface area contributed by atoms with Gasteiger partial charge in [-0.25, -0.2) is 4.79 Å². The number of hydrogen-bond donors (Lipinski definition) is 0. The van der Waals surface area contributed by atoms with E-state index >= 15 is 0 Å². The number of piperidine rings is 1. The lowest BCUT2D eigenvalue weighted by atomic mass is 9.89. The Balaban J connectivity index is 1.29. The maximum Gasteiger partial charge on any atom is 0.339 e. The van der Waals surface area contributed by atoms with Gasteiger partial charge in [0.25, 0.3) is 0 Å². The number of esters is 1. The number of fused-ring (bicyclic) bond motifs is 2. The molecular weight excluding hydrogens is 502 g/mol. The van der Waals surface area contributed by atoms with Crippen molar-refractivity contribution in [1.82, 2.24) is 4.90 Å². The van der Waals surface area contributed by atoms with Gasteiger partial charge in [-0.15, -0.1) is 23.1 Å². The SMILES string of the molecule is CSc1ccc(C(=O)C(C)(C)N2CCC(OC(=O)c3cccc4sc5ccccc5c(=O)c34)CC2)cc1. The van der Waals surface area contributed by atoms with E-state index < -0.39 is 11.5 Å². The van der Waals surface area contributed by atoms with E-state index in [0.29, 0.717) is 47.8 Å². The Morgan fingerprint density at radius 2 is 1.62 bits per heavy atom. The van der Waals surface area contributed by atoms with Crippen molar-refractivity contribution in [3.63, 3.8) is 0 Å². The number of carbonyl (C=O) groups excluding carboxylic acids is 2. The fourth-order valence-corrected chi connectivity index (χ4v) is 6.52. The van der Waals surface area contributed by atoms with Crippen LogP contribution in [0.15, 0.2) is 76.4 Å². The van der Waals surface area contributed by atoms with Gasteiger partial charge in [0.1, 0.15) is 6.10 Å². The number of ketones is 1. The van der Waals surface area contributed by atoms with Gasteiger partial charge in [-0.1, -0.05) is 30.3 Å². The van der Waals surface area contributed by atoms with Gasteiger partial charge in [-0.2, -0.15) is 0 Å². The first-order chi connectivity index (χ1) is 17.8. The minimum atomic E-state index is -0.661. The molecule has 37 heavy (non-hydrogen) atoms. The van der Waals surface area contributed by atoms with Crippen LogP contribution in [-0.2, 0) is 4.74 Å². The molecule has 0 atom stereocenters. The van der Waals surface area contributed by atoms with Gasteiger partial charge in [0.2, 0.25) is 0 Å². The normalized spacial score (nSPS) is 15.2. The van der Waals surface area contributed by atoms with Crippen LogP contribution in [0.4, 0.5) is 0 Å². The molecule has 1 aliphatic rings. The van der Waals surface area contributed by atoms with E-state index in [-0.39, 0.29) is 17.3 Å². The molecule has 0 bridgehead atoms. The van der Waals surface area contributed by atoms with Crippen LogP contribution in [0, 0.1) is 0 Å². The van der Waals surface area contributed by atoms with E-state index in [1.165, 1.54) is 11.3 Å². The van der Waals surface area contributed by atoms with Crippen molar-refractivity contribution in [2.45, 2.75) is 43.2 Å². The molecule has 0 radical (unpaired) electrons. The number of benzene rings is 3. The van der Waals surface area contributed by atoms with E-state index in [4.69, 9.17) is 4.74 Å². The van der Waals surface area contributed by atoms with Gasteiger partial charge in [0.15, 0.2) is 11.2 Å². The van der Waals surface area contributed by atoms with Crippen LogP contribution in [-0.4, -0.2) is 47.6 Å². The Labute approximate surface area is 224 Å². The zero-order valence-electron chi connectivity index (χ0n) is 21.2. The smallest absolute Gasteiger partial charge is 0.339 e. The third-order valence-corrected chi connectivity index (χ3v) is 9.12. The molecule has 1 aliphatic heterocycles. The van der Waals surface area contributed by atoms with Gasteiger partial charge < -0.3 is 4.74 Å². The van der Waals surface area contributed by atoms with E-state index in [1.807, 2.05) is 68.6 Å². The van der Waals surface area contributed by atoms with Crippen molar-refractivity contribution in [3.05, 3.63) is 88.1 Å². The van der Waals surface area contributed by atoms with Crippen LogP contribution in [0.2, 0.25) is 0 Å². The molecule has 7 heteroatoms. The number of nitrogens with zero attached hydrogens (tertiary/aromatic N) is 1. The summed E-state index contributed by atoms with van der Waals surface area (Å²) in [5, 5.41) is 1.04. The molecule has 1 aromatic heterocycles. The summed E-state index contributed by atoms with van der Waals surface area (Å²) in [6.45, 7) is 5.21. The summed E-state index contributed by atoms with van der Waals surface area (Å²) in [4.78, 5) is 43.0. The quantitative estimate of drug-likeness (QED) is 0.124. The van der Waals surface area contributed by atoms with E-state index in [1.54, 1.807) is 30.0 Å². The number of ether oxygens (including phenoxy) is 1. The van der Waals surface area contributed by atoms with Gasteiger partial charge in [0, 0.05) is 38.3 Å². The van der Waals surface area contributed by atoms with E-state index in [9.17, 15) is 14.4 Å². The first kappa shape index (κ1) is 25.6. The zero-order chi connectivity index (χ0) is 26.2. The van der Waals surface area contributed by atoms with E-state index in [0.717, 1.165) is 14.3 Å². The molecule has 1 fully saturated rings. The molecular formula is C30H29NO4S2. The second kappa shape index (κ2) is 10.4. The summed E-state index contributed by atoms with van der Waals surface area (Å²) in [5.74, 6) is -0.379. The third kappa shape index (κ3) is 4.96. The lowest BCUT2D eigenvalue weighted by Gasteiger charge is -2.41. The second-order valence-electron chi connectivity index (χ2n) is 9.81. The Bertz CT molecular complexity index is 1530.